The van der Waals surface area contributed by atoms with Gasteiger partial charge in [0, 0.05) is 35.2 Å². The highest BCUT2D eigenvalue weighted by atomic mass is 79.9. The fourth-order valence-corrected chi connectivity index (χ4v) is 4.22. The summed E-state index contributed by atoms with van der Waals surface area (Å²) in [6, 6.07) is 6.30. The second-order valence-electron chi connectivity index (χ2n) is 7.26. The smallest absolute Gasteiger partial charge is 0.410 e. The van der Waals surface area contributed by atoms with E-state index in [1.54, 1.807) is 0 Å². The minimum absolute atomic E-state index is 0.133. The number of nitrogens with zero attached hydrogens (tertiary/aromatic N) is 1. The Kier molecular flexibility index (Phi) is 3.87. The highest BCUT2D eigenvalue weighted by molar-refractivity contribution is 9.10. The van der Waals surface area contributed by atoms with Gasteiger partial charge in [0.1, 0.15) is 5.60 Å². The fraction of sp³-hybridized carbons (Fsp3) is 0.588. The Balaban J connectivity index is 1.72. The summed E-state index contributed by atoms with van der Waals surface area (Å²) < 4.78 is 6.65. The van der Waals surface area contributed by atoms with Crippen molar-refractivity contribution in [1.29, 1.82) is 0 Å². The molecule has 2 heterocycles. The average molecular weight is 367 g/mol. The van der Waals surface area contributed by atoms with Gasteiger partial charge in [-0.2, -0.15) is 0 Å². The number of halogens is 1. The largest absolute Gasteiger partial charge is 0.444 e. The van der Waals surface area contributed by atoms with Gasteiger partial charge in [0.05, 0.1) is 0 Å². The first-order valence-corrected chi connectivity index (χ1v) is 8.61. The molecule has 22 heavy (non-hydrogen) atoms. The SMILES string of the molecule is CC(C)(C)OC(=O)N1CCC2(CC1)CNc1cccc(Br)c12. The number of carbonyl (C=O) groups is 1. The number of fused-ring (bicyclic) bond motifs is 2. The van der Waals surface area contributed by atoms with Gasteiger partial charge in [0.2, 0.25) is 0 Å². The van der Waals surface area contributed by atoms with E-state index < -0.39 is 5.60 Å². The highest BCUT2D eigenvalue weighted by Crippen LogP contribution is 2.47. The van der Waals surface area contributed by atoms with Crippen LogP contribution in [0.3, 0.4) is 0 Å². The molecule has 4 nitrogen and oxygen atoms in total. The molecule has 3 rings (SSSR count). The molecule has 1 fully saturated rings. The molecule has 1 aromatic rings. The van der Waals surface area contributed by atoms with Gasteiger partial charge in [-0.25, -0.2) is 4.79 Å². The Labute approximate surface area is 140 Å². The molecule has 0 saturated carbocycles. The van der Waals surface area contributed by atoms with Gasteiger partial charge in [0.25, 0.3) is 0 Å². The topological polar surface area (TPSA) is 41.6 Å². The van der Waals surface area contributed by atoms with Crippen molar-refractivity contribution in [3.8, 4) is 0 Å². The van der Waals surface area contributed by atoms with Gasteiger partial charge in [-0.15, -0.1) is 0 Å². The molecule has 0 bridgehead atoms. The lowest BCUT2D eigenvalue weighted by Gasteiger charge is -2.40. The van der Waals surface area contributed by atoms with Crippen molar-refractivity contribution >= 4 is 27.7 Å². The maximum absolute atomic E-state index is 12.2. The Bertz CT molecular complexity index is 587. The first kappa shape index (κ1) is 15.7. The Morgan fingerprint density at radius 1 is 1.32 bits per heavy atom. The maximum Gasteiger partial charge on any atom is 0.410 e. The number of amides is 1. The third-order valence-electron chi connectivity index (χ3n) is 4.53. The summed E-state index contributed by atoms with van der Waals surface area (Å²) in [5.41, 5.74) is 2.30. The summed E-state index contributed by atoms with van der Waals surface area (Å²) in [7, 11) is 0. The minimum atomic E-state index is -0.434. The van der Waals surface area contributed by atoms with E-state index in [0.29, 0.717) is 0 Å². The highest BCUT2D eigenvalue weighted by Gasteiger charge is 2.43. The second kappa shape index (κ2) is 5.44. The number of anilines is 1. The Morgan fingerprint density at radius 3 is 2.64 bits per heavy atom. The normalized spacial score (nSPS) is 19.7. The zero-order valence-electron chi connectivity index (χ0n) is 13.4. The molecule has 2 aliphatic heterocycles. The molecule has 1 N–H and O–H groups in total. The quantitative estimate of drug-likeness (QED) is 0.749. The van der Waals surface area contributed by atoms with Crippen molar-refractivity contribution in [3.63, 3.8) is 0 Å². The number of carbonyl (C=O) groups excluding carboxylic acids is 1. The summed E-state index contributed by atoms with van der Waals surface area (Å²) in [4.78, 5) is 14.0. The molecule has 1 aromatic carbocycles. The van der Waals surface area contributed by atoms with Crippen LogP contribution >= 0.6 is 15.9 Å². The first-order valence-electron chi connectivity index (χ1n) is 7.82. The maximum atomic E-state index is 12.2. The summed E-state index contributed by atoms with van der Waals surface area (Å²) in [6.07, 6.45) is 1.74. The number of hydrogen-bond donors (Lipinski definition) is 1. The van der Waals surface area contributed by atoms with Gasteiger partial charge in [-0.05, 0) is 51.3 Å². The molecular formula is C17H23BrN2O2. The van der Waals surface area contributed by atoms with Crippen LogP contribution in [0.4, 0.5) is 10.5 Å². The van der Waals surface area contributed by atoms with Crippen molar-refractivity contribution in [1.82, 2.24) is 4.90 Å². The van der Waals surface area contributed by atoms with Gasteiger partial charge >= 0.3 is 6.09 Å². The number of ether oxygens (including phenoxy) is 1. The van der Waals surface area contributed by atoms with Crippen LogP contribution < -0.4 is 5.32 Å². The van der Waals surface area contributed by atoms with Crippen LogP contribution in [0.15, 0.2) is 22.7 Å². The van der Waals surface area contributed by atoms with Gasteiger partial charge in [-0.3, -0.25) is 0 Å². The number of hydrogen-bond acceptors (Lipinski definition) is 3. The molecule has 0 unspecified atom stereocenters. The summed E-state index contributed by atoms with van der Waals surface area (Å²) in [6.45, 7) is 8.17. The van der Waals surface area contributed by atoms with E-state index >= 15 is 0 Å². The molecule has 0 aromatic heterocycles. The van der Waals surface area contributed by atoms with Gasteiger partial charge in [-0.1, -0.05) is 22.0 Å². The molecule has 1 spiro atoms. The van der Waals surface area contributed by atoms with E-state index in [0.717, 1.165) is 32.5 Å². The minimum Gasteiger partial charge on any atom is -0.444 e. The van der Waals surface area contributed by atoms with Crippen molar-refractivity contribution in [2.45, 2.75) is 44.6 Å². The average Bonchev–Trinajstić information content (AvgIpc) is 2.78. The van der Waals surface area contributed by atoms with Crippen LogP contribution in [0.5, 0.6) is 0 Å². The lowest BCUT2D eigenvalue weighted by atomic mass is 9.74. The number of nitrogens with one attached hydrogen (secondary N) is 1. The zero-order valence-corrected chi connectivity index (χ0v) is 15.0. The van der Waals surface area contributed by atoms with Crippen molar-refractivity contribution < 1.29 is 9.53 Å². The van der Waals surface area contributed by atoms with E-state index in [9.17, 15) is 4.79 Å². The third-order valence-corrected chi connectivity index (χ3v) is 5.19. The number of likely N-dealkylation sites (tertiary alicyclic amines) is 1. The Morgan fingerprint density at radius 2 is 2.00 bits per heavy atom. The zero-order chi connectivity index (χ0) is 16.0. The Hall–Kier alpha value is -1.23. The van der Waals surface area contributed by atoms with Crippen LogP contribution in [-0.2, 0) is 10.2 Å². The predicted octanol–water partition coefficient (Wildman–Crippen LogP) is 4.14. The molecule has 0 radical (unpaired) electrons. The van der Waals surface area contributed by atoms with Crippen LogP contribution in [-0.4, -0.2) is 36.2 Å². The molecule has 5 heteroatoms. The van der Waals surface area contributed by atoms with E-state index in [1.807, 2.05) is 25.7 Å². The molecule has 120 valence electrons. The predicted molar refractivity (Wildman–Crippen MR) is 91.4 cm³/mol. The number of benzene rings is 1. The molecule has 0 aliphatic carbocycles. The lowest BCUT2D eigenvalue weighted by Crippen LogP contribution is -2.47. The third kappa shape index (κ3) is 2.83. The molecule has 2 aliphatic rings. The standard InChI is InChI=1S/C17H23BrN2O2/c1-16(2,3)22-15(21)20-9-7-17(8-10-20)11-19-13-6-4-5-12(18)14(13)17/h4-6,19H,7-11H2,1-3H3. The van der Waals surface area contributed by atoms with Crippen LogP contribution in [0.2, 0.25) is 0 Å². The van der Waals surface area contributed by atoms with Crippen LogP contribution in [0.25, 0.3) is 0 Å². The number of rotatable bonds is 0. The van der Waals surface area contributed by atoms with E-state index in [-0.39, 0.29) is 11.5 Å². The van der Waals surface area contributed by atoms with Crippen molar-refractivity contribution in [3.05, 3.63) is 28.2 Å². The summed E-state index contributed by atoms with van der Waals surface area (Å²) in [5, 5.41) is 3.52. The van der Waals surface area contributed by atoms with Gasteiger partial charge in [0.15, 0.2) is 0 Å². The van der Waals surface area contributed by atoms with E-state index in [4.69, 9.17) is 4.74 Å². The fourth-order valence-electron chi connectivity index (χ4n) is 3.43. The molecular weight excluding hydrogens is 344 g/mol. The summed E-state index contributed by atoms with van der Waals surface area (Å²) >= 11 is 3.70. The second-order valence-corrected chi connectivity index (χ2v) is 8.12. The lowest BCUT2D eigenvalue weighted by molar-refractivity contribution is 0.0172. The van der Waals surface area contributed by atoms with Gasteiger partial charge < -0.3 is 15.0 Å². The number of piperidine rings is 1. The molecule has 0 atom stereocenters. The van der Waals surface area contributed by atoms with Crippen LogP contribution in [0, 0.1) is 0 Å². The van der Waals surface area contributed by atoms with E-state index in [1.165, 1.54) is 15.7 Å². The molecule has 1 saturated heterocycles. The first-order chi connectivity index (χ1) is 10.3. The molecule has 1 amide bonds. The van der Waals surface area contributed by atoms with Crippen LogP contribution in [0.1, 0.15) is 39.2 Å². The van der Waals surface area contributed by atoms with E-state index in [2.05, 4.69) is 39.4 Å². The monoisotopic (exact) mass is 366 g/mol. The van der Waals surface area contributed by atoms with Crippen molar-refractivity contribution in [2.75, 3.05) is 25.0 Å². The van der Waals surface area contributed by atoms with Crippen molar-refractivity contribution in [2.24, 2.45) is 0 Å². The summed E-state index contributed by atoms with van der Waals surface area (Å²) in [5.74, 6) is 0.